The standard InChI is InChI=1S/C15H27N5O/c1-3-4-12(2)17-15(21)11-19-8-5-13(6-9-19)20-10-7-14(16)18-20/h7,10,12-13H,3-6,8-9,11H2,1-2H3,(H2,16,18)(H,17,21). The van der Waals surface area contributed by atoms with E-state index in [1.54, 1.807) is 0 Å². The van der Waals surface area contributed by atoms with E-state index in [1.165, 1.54) is 0 Å². The van der Waals surface area contributed by atoms with Gasteiger partial charge in [0.1, 0.15) is 5.82 Å². The number of rotatable bonds is 6. The Kier molecular flexibility index (Phi) is 5.61. The number of carbonyl (C=O) groups is 1. The quantitative estimate of drug-likeness (QED) is 0.831. The Morgan fingerprint density at radius 2 is 2.24 bits per heavy atom. The first-order valence-electron chi connectivity index (χ1n) is 7.90. The summed E-state index contributed by atoms with van der Waals surface area (Å²) in [5.74, 6) is 0.708. The Balaban J connectivity index is 1.72. The van der Waals surface area contributed by atoms with Crippen molar-refractivity contribution >= 4 is 11.7 Å². The molecule has 1 fully saturated rings. The van der Waals surface area contributed by atoms with Crippen LogP contribution in [-0.4, -0.2) is 46.3 Å². The molecule has 1 aromatic rings. The van der Waals surface area contributed by atoms with Crippen LogP contribution in [-0.2, 0) is 4.79 Å². The van der Waals surface area contributed by atoms with Crippen molar-refractivity contribution in [3.8, 4) is 0 Å². The van der Waals surface area contributed by atoms with E-state index in [2.05, 4.69) is 29.2 Å². The molecule has 118 valence electrons. The highest BCUT2D eigenvalue weighted by atomic mass is 16.2. The Bertz CT molecular complexity index is 451. The summed E-state index contributed by atoms with van der Waals surface area (Å²) in [5, 5.41) is 7.34. The third kappa shape index (κ3) is 4.74. The normalized spacial score (nSPS) is 18.6. The molecule has 1 amide bonds. The maximum atomic E-state index is 12.0. The molecule has 0 bridgehead atoms. The molecule has 1 atom stereocenters. The molecule has 2 rings (SSSR count). The minimum atomic E-state index is 0.137. The maximum absolute atomic E-state index is 12.0. The van der Waals surface area contributed by atoms with Gasteiger partial charge in [0.05, 0.1) is 12.6 Å². The molecule has 6 heteroatoms. The van der Waals surface area contributed by atoms with Gasteiger partial charge in [-0.15, -0.1) is 0 Å². The molecule has 0 saturated carbocycles. The number of hydrogen-bond donors (Lipinski definition) is 2. The molecule has 1 unspecified atom stereocenters. The molecule has 3 N–H and O–H groups in total. The van der Waals surface area contributed by atoms with E-state index >= 15 is 0 Å². The van der Waals surface area contributed by atoms with E-state index in [-0.39, 0.29) is 11.9 Å². The zero-order valence-electron chi connectivity index (χ0n) is 13.1. The number of nitrogens with one attached hydrogen (secondary N) is 1. The lowest BCUT2D eigenvalue weighted by Gasteiger charge is -2.31. The minimum Gasteiger partial charge on any atom is -0.382 e. The van der Waals surface area contributed by atoms with Gasteiger partial charge in [0.15, 0.2) is 0 Å². The lowest BCUT2D eigenvalue weighted by Crippen LogP contribution is -2.44. The number of aromatic nitrogens is 2. The molecule has 1 aromatic heterocycles. The van der Waals surface area contributed by atoms with Crippen LogP contribution in [0.1, 0.15) is 45.6 Å². The van der Waals surface area contributed by atoms with Crippen LogP contribution >= 0.6 is 0 Å². The number of nitrogens with two attached hydrogens (primary N) is 1. The van der Waals surface area contributed by atoms with Crippen LogP contribution < -0.4 is 11.1 Å². The van der Waals surface area contributed by atoms with E-state index in [0.717, 1.165) is 38.8 Å². The third-order valence-corrected chi connectivity index (χ3v) is 4.06. The Hall–Kier alpha value is -1.56. The zero-order chi connectivity index (χ0) is 15.2. The van der Waals surface area contributed by atoms with Gasteiger partial charge in [0, 0.05) is 25.3 Å². The molecule has 0 aromatic carbocycles. The Morgan fingerprint density at radius 1 is 1.52 bits per heavy atom. The first-order chi connectivity index (χ1) is 10.1. The van der Waals surface area contributed by atoms with Crippen molar-refractivity contribution in [2.24, 2.45) is 0 Å². The number of hydrogen-bond acceptors (Lipinski definition) is 4. The van der Waals surface area contributed by atoms with Crippen molar-refractivity contribution in [1.82, 2.24) is 20.0 Å². The molecule has 6 nitrogen and oxygen atoms in total. The van der Waals surface area contributed by atoms with Crippen LogP contribution in [0.5, 0.6) is 0 Å². The van der Waals surface area contributed by atoms with Gasteiger partial charge in [-0.1, -0.05) is 13.3 Å². The van der Waals surface area contributed by atoms with Crippen LogP contribution in [0.3, 0.4) is 0 Å². The van der Waals surface area contributed by atoms with Crippen molar-refractivity contribution in [1.29, 1.82) is 0 Å². The number of nitrogens with zero attached hydrogens (tertiary/aromatic N) is 3. The van der Waals surface area contributed by atoms with E-state index in [4.69, 9.17) is 5.73 Å². The largest absolute Gasteiger partial charge is 0.382 e. The monoisotopic (exact) mass is 293 g/mol. The van der Waals surface area contributed by atoms with Crippen LogP contribution in [0.15, 0.2) is 12.3 Å². The second-order valence-electron chi connectivity index (χ2n) is 5.99. The first-order valence-corrected chi connectivity index (χ1v) is 7.90. The summed E-state index contributed by atoms with van der Waals surface area (Å²) >= 11 is 0. The number of nitrogen functional groups attached to an aromatic ring is 1. The van der Waals surface area contributed by atoms with E-state index < -0.39 is 0 Å². The minimum absolute atomic E-state index is 0.137. The number of anilines is 1. The molecular weight excluding hydrogens is 266 g/mol. The maximum Gasteiger partial charge on any atom is 0.234 e. The average Bonchev–Trinajstić information content (AvgIpc) is 2.86. The van der Waals surface area contributed by atoms with Crippen molar-refractivity contribution in [3.63, 3.8) is 0 Å². The molecule has 2 heterocycles. The molecule has 0 aliphatic carbocycles. The number of amides is 1. The van der Waals surface area contributed by atoms with Gasteiger partial charge in [-0.3, -0.25) is 14.4 Å². The van der Waals surface area contributed by atoms with Crippen molar-refractivity contribution in [2.45, 2.75) is 51.6 Å². The van der Waals surface area contributed by atoms with Crippen LogP contribution in [0.25, 0.3) is 0 Å². The highest BCUT2D eigenvalue weighted by Gasteiger charge is 2.22. The van der Waals surface area contributed by atoms with E-state index in [0.29, 0.717) is 18.4 Å². The Labute approximate surface area is 126 Å². The summed E-state index contributed by atoms with van der Waals surface area (Å²) in [6.07, 6.45) is 6.10. The fraction of sp³-hybridized carbons (Fsp3) is 0.733. The predicted octanol–water partition coefficient (Wildman–Crippen LogP) is 1.41. The smallest absolute Gasteiger partial charge is 0.234 e. The second kappa shape index (κ2) is 7.45. The highest BCUT2D eigenvalue weighted by Crippen LogP contribution is 2.21. The number of likely N-dealkylation sites (tertiary alicyclic amines) is 1. The molecule has 0 spiro atoms. The number of carbonyl (C=O) groups excluding carboxylic acids is 1. The number of piperidine rings is 1. The first kappa shape index (κ1) is 15.8. The molecule has 1 aliphatic rings. The van der Waals surface area contributed by atoms with Crippen LogP contribution in [0, 0.1) is 0 Å². The van der Waals surface area contributed by atoms with Gasteiger partial charge in [0.2, 0.25) is 5.91 Å². The fourth-order valence-corrected chi connectivity index (χ4v) is 2.93. The summed E-state index contributed by atoms with van der Waals surface area (Å²) in [5.41, 5.74) is 5.65. The molecule has 21 heavy (non-hydrogen) atoms. The summed E-state index contributed by atoms with van der Waals surface area (Å²) in [7, 11) is 0. The van der Waals surface area contributed by atoms with E-state index in [9.17, 15) is 4.79 Å². The molecule has 1 saturated heterocycles. The topological polar surface area (TPSA) is 76.2 Å². The molecule has 1 aliphatic heterocycles. The van der Waals surface area contributed by atoms with Gasteiger partial charge in [-0.25, -0.2) is 0 Å². The van der Waals surface area contributed by atoms with Crippen molar-refractivity contribution < 1.29 is 4.79 Å². The second-order valence-corrected chi connectivity index (χ2v) is 5.99. The lowest BCUT2D eigenvalue weighted by molar-refractivity contribution is -0.123. The van der Waals surface area contributed by atoms with Gasteiger partial charge < -0.3 is 11.1 Å². The molecular formula is C15H27N5O. The summed E-state index contributed by atoms with van der Waals surface area (Å²) in [4.78, 5) is 14.2. The highest BCUT2D eigenvalue weighted by molar-refractivity contribution is 5.78. The molecule has 0 radical (unpaired) electrons. The summed E-state index contributed by atoms with van der Waals surface area (Å²) < 4.78 is 1.95. The van der Waals surface area contributed by atoms with E-state index in [1.807, 2.05) is 16.9 Å². The van der Waals surface area contributed by atoms with Gasteiger partial charge >= 0.3 is 0 Å². The third-order valence-electron chi connectivity index (χ3n) is 4.06. The SMILES string of the molecule is CCCC(C)NC(=O)CN1CCC(n2ccc(N)n2)CC1. The summed E-state index contributed by atoms with van der Waals surface area (Å²) in [6.45, 7) is 6.56. The average molecular weight is 293 g/mol. The fourth-order valence-electron chi connectivity index (χ4n) is 2.93. The predicted molar refractivity (Wildman–Crippen MR) is 83.9 cm³/mol. The van der Waals surface area contributed by atoms with Gasteiger partial charge in [-0.2, -0.15) is 5.10 Å². The van der Waals surface area contributed by atoms with Crippen LogP contribution in [0.2, 0.25) is 0 Å². The van der Waals surface area contributed by atoms with Crippen LogP contribution in [0.4, 0.5) is 5.82 Å². The van der Waals surface area contributed by atoms with Crippen molar-refractivity contribution in [3.05, 3.63) is 12.3 Å². The Morgan fingerprint density at radius 3 is 2.81 bits per heavy atom. The zero-order valence-corrected chi connectivity index (χ0v) is 13.1. The van der Waals surface area contributed by atoms with Crippen molar-refractivity contribution in [2.75, 3.05) is 25.4 Å². The van der Waals surface area contributed by atoms with Gasteiger partial charge in [-0.05, 0) is 32.3 Å². The summed E-state index contributed by atoms with van der Waals surface area (Å²) in [6, 6.07) is 2.50. The van der Waals surface area contributed by atoms with Gasteiger partial charge in [0.25, 0.3) is 0 Å². The lowest BCUT2D eigenvalue weighted by atomic mass is 10.1.